The van der Waals surface area contributed by atoms with Crippen molar-refractivity contribution in [2.75, 3.05) is 18.5 Å². The first-order valence-electron chi connectivity index (χ1n) is 10.3. The van der Waals surface area contributed by atoms with Crippen LogP contribution >= 0.6 is 0 Å². The fraction of sp³-hybridized carbons (Fsp3) is 0.524. The molecule has 1 aliphatic heterocycles. The Labute approximate surface area is 186 Å². The monoisotopic (exact) mass is 449 g/mol. The highest BCUT2D eigenvalue weighted by molar-refractivity contribution is 5.97. The van der Waals surface area contributed by atoms with Gasteiger partial charge in [-0.15, -0.1) is 0 Å². The number of anilines is 1. The summed E-state index contributed by atoms with van der Waals surface area (Å²) in [6.07, 6.45) is -0.446. The number of nitrogens with one attached hydrogen (secondary N) is 4. The molecule has 176 valence electrons. The number of rotatable bonds is 9. The molecule has 11 heteroatoms. The number of hydrogen-bond donors (Lipinski definition) is 6. The van der Waals surface area contributed by atoms with Crippen molar-refractivity contribution in [1.29, 1.82) is 5.41 Å². The minimum Gasteiger partial charge on any atom is -0.480 e. The quantitative estimate of drug-likeness (QED) is 0.186. The van der Waals surface area contributed by atoms with Crippen LogP contribution in [0.2, 0.25) is 0 Å². The minimum absolute atomic E-state index is 0.00322. The Balaban J connectivity index is 1.97. The summed E-state index contributed by atoms with van der Waals surface area (Å²) >= 11 is 0. The zero-order valence-electron chi connectivity index (χ0n) is 18.5. The number of benzene rings is 1. The van der Waals surface area contributed by atoms with E-state index >= 15 is 0 Å². The van der Waals surface area contributed by atoms with Gasteiger partial charge in [-0.05, 0) is 36.0 Å². The number of fused-ring (bicyclic) bond motifs is 1. The molecule has 0 radical (unpaired) electrons. The number of carbonyl (C=O) groups is 3. The van der Waals surface area contributed by atoms with Gasteiger partial charge in [-0.25, -0.2) is 9.59 Å². The van der Waals surface area contributed by atoms with Crippen LogP contribution in [-0.4, -0.2) is 54.3 Å². The van der Waals surface area contributed by atoms with Gasteiger partial charge < -0.3 is 36.3 Å². The molecule has 2 rings (SSSR count). The Morgan fingerprint density at radius 3 is 2.72 bits per heavy atom. The van der Waals surface area contributed by atoms with E-state index in [1.807, 2.05) is 20.8 Å². The second-order valence-electron chi connectivity index (χ2n) is 8.79. The molecule has 1 heterocycles. The summed E-state index contributed by atoms with van der Waals surface area (Å²) in [5.74, 6) is -1.16. The molecule has 1 aromatic carbocycles. The third-order valence-electron chi connectivity index (χ3n) is 4.49. The van der Waals surface area contributed by atoms with Crippen molar-refractivity contribution in [1.82, 2.24) is 10.6 Å². The Bertz CT molecular complexity index is 867. The molecule has 2 atom stereocenters. The fourth-order valence-electron chi connectivity index (χ4n) is 2.93. The van der Waals surface area contributed by atoms with Gasteiger partial charge in [0, 0.05) is 13.0 Å². The van der Waals surface area contributed by atoms with Crippen molar-refractivity contribution in [3.63, 3.8) is 0 Å². The van der Waals surface area contributed by atoms with Gasteiger partial charge in [-0.1, -0.05) is 26.8 Å². The topological polar surface area (TPSA) is 176 Å². The van der Waals surface area contributed by atoms with Gasteiger partial charge in [0.15, 0.2) is 12.1 Å². The number of carboxylic acids is 1. The lowest BCUT2D eigenvalue weighted by molar-refractivity contribution is -0.139. The number of aliphatic carboxylic acids is 1. The van der Waals surface area contributed by atoms with Crippen LogP contribution < -0.4 is 26.4 Å². The Kier molecular flexibility index (Phi) is 8.27. The molecule has 0 fully saturated rings. The summed E-state index contributed by atoms with van der Waals surface area (Å²) in [5.41, 5.74) is 6.01. The molecule has 0 spiro atoms. The van der Waals surface area contributed by atoms with E-state index < -0.39 is 24.2 Å². The van der Waals surface area contributed by atoms with Gasteiger partial charge in [-0.2, -0.15) is 0 Å². The minimum atomic E-state index is -1.20. The summed E-state index contributed by atoms with van der Waals surface area (Å²) in [5, 5.41) is 24.4. The van der Waals surface area contributed by atoms with Crippen LogP contribution in [0.4, 0.5) is 10.5 Å². The number of carboxylic acid groups (broad SMARTS) is 1. The number of hydrogen-bond acceptors (Lipinski definition) is 6. The smallest absolute Gasteiger partial charge is 0.407 e. The summed E-state index contributed by atoms with van der Waals surface area (Å²) in [7, 11) is 0. The molecule has 0 aliphatic carbocycles. The Morgan fingerprint density at radius 2 is 2.09 bits per heavy atom. The predicted molar refractivity (Wildman–Crippen MR) is 118 cm³/mol. The van der Waals surface area contributed by atoms with E-state index in [1.54, 1.807) is 18.2 Å². The van der Waals surface area contributed by atoms with E-state index in [1.165, 1.54) is 0 Å². The van der Waals surface area contributed by atoms with Gasteiger partial charge in [0.2, 0.25) is 0 Å². The molecule has 0 bridgehead atoms. The normalized spacial score (nSPS) is 16.1. The first kappa shape index (κ1) is 24.8. The second-order valence-corrected chi connectivity index (χ2v) is 8.79. The summed E-state index contributed by atoms with van der Waals surface area (Å²) in [6, 6.07) is 3.77. The van der Waals surface area contributed by atoms with Gasteiger partial charge >= 0.3 is 12.1 Å². The van der Waals surface area contributed by atoms with Gasteiger partial charge in [0.05, 0.1) is 12.3 Å². The van der Waals surface area contributed by atoms with E-state index in [4.69, 9.17) is 20.6 Å². The molecule has 0 saturated heterocycles. The molecule has 32 heavy (non-hydrogen) atoms. The van der Waals surface area contributed by atoms with E-state index in [2.05, 4.69) is 16.0 Å². The van der Waals surface area contributed by atoms with Crippen molar-refractivity contribution in [2.45, 2.75) is 52.2 Å². The average molecular weight is 450 g/mol. The summed E-state index contributed by atoms with van der Waals surface area (Å²) in [4.78, 5) is 35.9. The van der Waals surface area contributed by atoms with Crippen molar-refractivity contribution < 1.29 is 29.0 Å². The van der Waals surface area contributed by atoms with Crippen LogP contribution in [0.5, 0.6) is 5.75 Å². The van der Waals surface area contributed by atoms with Crippen LogP contribution in [0.3, 0.4) is 0 Å². The highest BCUT2D eigenvalue weighted by Gasteiger charge is 2.28. The lowest BCUT2D eigenvalue weighted by atomic mass is 9.99. The average Bonchev–Trinajstić information content (AvgIpc) is 2.68. The van der Waals surface area contributed by atoms with E-state index in [9.17, 15) is 19.5 Å². The maximum absolute atomic E-state index is 12.3. The molecule has 0 aromatic heterocycles. The molecule has 1 aliphatic rings. The van der Waals surface area contributed by atoms with Gasteiger partial charge in [0.25, 0.3) is 5.91 Å². The number of carbonyl (C=O) groups excluding carboxylic acids is 2. The standard InChI is InChI=1S/C21H31N5O6/c1-21(2,3)11-31-20(30)26-14(18(28)29)10-12-6-7-15-13(9-12)25-17(27)16(32-15)5-4-8-24-19(22)23/h6-7,9,14,16H,4-5,8,10-11H2,1-3H3,(H,25,27)(H,26,30)(H,28,29)(H4,22,23,24)/t14-,16+/m0/s1. The number of nitrogens with two attached hydrogens (primary N) is 1. The maximum Gasteiger partial charge on any atom is 0.407 e. The first-order chi connectivity index (χ1) is 14.9. The largest absolute Gasteiger partial charge is 0.480 e. The predicted octanol–water partition coefficient (Wildman–Crippen LogP) is 1.42. The van der Waals surface area contributed by atoms with Crippen molar-refractivity contribution in [3.8, 4) is 5.75 Å². The SMILES string of the molecule is CC(C)(C)COC(=O)N[C@@H](Cc1ccc2c(c1)NC(=O)[C@@H](CCCNC(=N)N)O2)C(=O)O. The lowest BCUT2D eigenvalue weighted by Gasteiger charge is -2.26. The molecule has 11 nitrogen and oxygen atoms in total. The van der Waals surface area contributed by atoms with Crippen molar-refractivity contribution in [2.24, 2.45) is 11.1 Å². The van der Waals surface area contributed by atoms with Gasteiger partial charge in [0.1, 0.15) is 11.8 Å². The van der Waals surface area contributed by atoms with Crippen LogP contribution in [0.15, 0.2) is 18.2 Å². The van der Waals surface area contributed by atoms with Crippen molar-refractivity contribution >= 4 is 29.6 Å². The number of amides is 2. The van der Waals surface area contributed by atoms with Crippen LogP contribution in [0, 0.1) is 10.8 Å². The third kappa shape index (κ3) is 7.97. The Hall–Kier alpha value is -3.50. The van der Waals surface area contributed by atoms with E-state index in [-0.39, 0.29) is 30.3 Å². The number of alkyl carbamates (subject to hydrolysis) is 1. The second kappa shape index (κ2) is 10.7. The molecule has 0 saturated carbocycles. The van der Waals surface area contributed by atoms with Gasteiger partial charge in [-0.3, -0.25) is 10.2 Å². The van der Waals surface area contributed by atoms with E-state index in [0.29, 0.717) is 36.4 Å². The fourth-order valence-corrected chi connectivity index (χ4v) is 2.93. The van der Waals surface area contributed by atoms with Crippen molar-refractivity contribution in [3.05, 3.63) is 23.8 Å². The molecule has 2 amide bonds. The number of ether oxygens (including phenoxy) is 2. The maximum atomic E-state index is 12.3. The summed E-state index contributed by atoms with van der Waals surface area (Å²) in [6.45, 7) is 6.29. The van der Waals surface area contributed by atoms with Crippen LogP contribution in [0.1, 0.15) is 39.2 Å². The molecular weight excluding hydrogens is 418 g/mol. The molecular formula is C21H31N5O6. The number of guanidine groups is 1. The molecule has 1 aromatic rings. The highest BCUT2D eigenvalue weighted by Crippen LogP contribution is 2.32. The highest BCUT2D eigenvalue weighted by atomic mass is 16.5. The van der Waals surface area contributed by atoms with Crippen LogP contribution in [-0.2, 0) is 20.7 Å². The third-order valence-corrected chi connectivity index (χ3v) is 4.49. The molecule has 7 N–H and O–H groups in total. The van der Waals surface area contributed by atoms with Crippen LogP contribution in [0.25, 0.3) is 0 Å². The Morgan fingerprint density at radius 1 is 1.38 bits per heavy atom. The van der Waals surface area contributed by atoms with E-state index in [0.717, 1.165) is 0 Å². The lowest BCUT2D eigenvalue weighted by Crippen LogP contribution is -2.43. The summed E-state index contributed by atoms with van der Waals surface area (Å²) < 4.78 is 10.8. The first-order valence-corrected chi connectivity index (χ1v) is 10.3. The zero-order chi connectivity index (χ0) is 23.9. The molecule has 0 unspecified atom stereocenters. The zero-order valence-corrected chi connectivity index (χ0v) is 18.5.